The van der Waals surface area contributed by atoms with Gasteiger partial charge in [-0.1, -0.05) is 30.7 Å². The van der Waals surface area contributed by atoms with Crippen LogP contribution in [0, 0.1) is 3.57 Å². The first-order valence-corrected chi connectivity index (χ1v) is 7.99. The molecule has 1 heterocycles. The third-order valence-corrected chi connectivity index (χ3v) is 4.64. The van der Waals surface area contributed by atoms with Crippen molar-refractivity contribution < 1.29 is 5.11 Å². The number of nitrogens with zero attached hydrogens (tertiary/aromatic N) is 2. The maximum Gasteiger partial charge on any atom is 0.0924 e. The molecule has 0 aliphatic heterocycles. The molecule has 3 nitrogen and oxygen atoms in total. The lowest BCUT2D eigenvalue weighted by molar-refractivity contribution is 0.0556. The fourth-order valence-electron chi connectivity index (χ4n) is 2.25. The Bertz CT molecular complexity index is 605. The molecular weight excluding hydrogens is 387 g/mol. The SMILES string of the molecule is CCc1nn(C)c(CC(C)(O)c2ccc(I)cc2)c1Cl. The van der Waals surface area contributed by atoms with Gasteiger partial charge < -0.3 is 5.11 Å². The Morgan fingerprint density at radius 1 is 1.35 bits per heavy atom. The Kier molecular flexibility index (Phi) is 4.76. The van der Waals surface area contributed by atoms with Gasteiger partial charge in [-0.3, -0.25) is 4.68 Å². The van der Waals surface area contributed by atoms with E-state index in [9.17, 15) is 5.11 Å². The van der Waals surface area contributed by atoms with Crippen LogP contribution in [0.5, 0.6) is 0 Å². The minimum atomic E-state index is -0.965. The van der Waals surface area contributed by atoms with Gasteiger partial charge in [-0.15, -0.1) is 0 Å². The lowest BCUT2D eigenvalue weighted by Crippen LogP contribution is -2.25. The first-order chi connectivity index (χ1) is 9.35. The number of rotatable bonds is 4. The smallest absolute Gasteiger partial charge is 0.0924 e. The number of aliphatic hydroxyl groups is 1. The van der Waals surface area contributed by atoms with Crippen LogP contribution in [-0.2, 0) is 25.5 Å². The zero-order valence-corrected chi connectivity index (χ0v) is 14.7. The Labute approximate surface area is 138 Å². The summed E-state index contributed by atoms with van der Waals surface area (Å²) < 4.78 is 2.91. The van der Waals surface area contributed by atoms with E-state index in [1.807, 2.05) is 45.2 Å². The molecule has 108 valence electrons. The summed E-state index contributed by atoms with van der Waals surface area (Å²) >= 11 is 8.60. The molecule has 2 rings (SSSR count). The molecule has 0 bridgehead atoms. The van der Waals surface area contributed by atoms with Crippen molar-refractivity contribution in [3.05, 3.63) is 49.8 Å². The Morgan fingerprint density at radius 2 is 1.95 bits per heavy atom. The number of benzene rings is 1. The van der Waals surface area contributed by atoms with Gasteiger partial charge in [0.05, 0.1) is 22.0 Å². The van der Waals surface area contributed by atoms with E-state index in [1.54, 1.807) is 4.68 Å². The number of hydrogen-bond acceptors (Lipinski definition) is 2. The van der Waals surface area contributed by atoms with Crippen LogP contribution >= 0.6 is 34.2 Å². The van der Waals surface area contributed by atoms with Gasteiger partial charge in [-0.25, -0.2) is 0 Å². The maximum atomic E-state index is 10.8. The lowest BCUT2D eigenvalue weighted by atomic mass is 9.91. The van der Waals surface area contributed by atoms with Crippen molar-refractivity contribution in [2.24, 2.45) is 7.05 Å². The normalized spacial score (nSPS) is 14.3. The minimum Gasteiger partial charge on any atom is -0.385 e. The van der Waals surface area contributed by atoms with Crippen LogP contribution in [0.25, 0.3) is 0 Å². The minimum absolute atomic E-state index is 0.440. The topological polar surface area (TPSA) is 38.0 Å². The number of aromatic nitrogens is 2. The highest BCUT2D eigenvalue weighted by molar-refractivity contribution is 14.1. The molecular formula is C15H18ClIN2O. The molecule has 0 aliphatic rings. The summed E-state index contributed by atoms with van der Waals surface area (Å²) in [5, 5.41) is 15.8. The molecule has 1 aromatic heterocycles. The van der Waals surface area contributed by atoms with Gasteiger partial charge in [0.1, 0.15) is 0 Å². The quantitative estimate of drug-likeness (QED) is 0.789. The summed E-state index contributed by atoms with van der Waals surface area (Å²) in [5.41, 5.74) is 1.66. The van der Waals surface area contributed by atoms with E-state index in [4.69, 9.17) is 11.6 Å². The number of aryl methyl sites for hydroxylation is 2. The molecule has 0 fully saturated rings. The molecule has 20 heavy (non-hydrogen) atoms. The largest absolute Gasteiger partial charge is 0.385 e. The van der Waals surface area contributed by atoms with Crippen LogP contribution in [0.4, 0.5) is 0 Å². The second-order valence-electron chi connectivity index (χ2n) is 5.14. The molecule has 5 heteroatoms. The summed E-state index contributed by atoms with van der Waals surface area (Å²) in [5.74, 6) is 0. The molecule has 1 atom stereocenters. The van der Waals surface area contributed by atoms with E-state index in [-0.39, 0.29) is 0 Å². The molecule has 1 N–H and O–H groups in total. The molecule has 0 saturated heterocycles. The predicted molar refractivity (Wildman–Crippen MR) is 90.0 cm³/mol. The van der Waals surface area contributed by atoms with E-state index < -0.39 is 5.60 Å². The van der Waals surface area contributed by atoms with Gasteiger partial charge in [0.15, 0.2) is 0 Å². The van der Waals surface area contributed by atoms with Crippen molar-refractivity contribution in [2.45, 2.75) is 32.3 Å². The van der Waals surface area contributed by atoms with E-state index >= 15 is 0 Å². The first kappa shape index (κ1) is 15.8. The molecule has 0 aliphatic carbocycles. The lowest BCUT2D eigenvalue weighted by Gasteiger charge is -2.24. The van der Waals surface area contributed by atoms with Gasteiger partial charge in [0.2, 0.25) is 0 Å². The van der Waals surface area contributed by atoms with Crippen LogP contribution in [0.1, 0.15) is 30.8 Å². The first-order valence-electron chi connectivity index (χ1n) is 6.54. The van der Waals surface area contributed by atoms with Crippen molar-refractivity contribution in [1.82, 2.24) is 9.78 Å². The molecule has 0 saturated carbocycles. The second-order valence-corrected chi connectivity index (χ2v) is 6.77. The van der Waals surface area contributed by atoms with Gasteiger partial charge in [-0.05, 0) is 53.6 Å². The Hall–Kier alpha value is -0.590. The zero-order valence-electron chi connectivity index (χ0n) is 11.8. The van der Waals surface area contributed by atoms with Crippen LogP contribution in [-0.4, -0.2) is 14.9 Å². The number of hydrogen-bond donors (Lipinski definition) is 1. The fraction of sp³-hybridized carbons (Fsp3) is 0.400. The summed E-state index contributed by atoms with van der Waals surface area (Å²) in [6.45, 7) is 3.83. The summed E-state index contributed by atoms with van der Waals surface area (Å²) in [4.78, 5) is 0. The van der Waals surface area contributed by atoms with E-state index in [0.717, 1.165) is 26.9 Å². The summed E-state index contributed by atoms with van der Waals surface area (Å²) in [7, 11) is 1.87. The highest BCUT2D eigenvalue weighted by Gasteiger charge is 2.27. The van der Waals surface area contributed by atoms with Crippen LogP contribution in [0.3, 0.4) is 0 Å². The van der Waals surface area contributed by atoms with Crippen LogP contribution in [0.2, 0.25) is 5.02 Å². The monoisotopic (exact) mass is 404 g/mol. The molecule has 2 aromatic rings. The highest BCUT2D eigenvalue weighted by Crippen LogP contribution is 2.30. The van der Waals surface area contributed by atoms with Gasteiger partial charge in [0.25, 0.3) is 0 Å². The van der Waals surface area contributed by atoms with E-state index in [1.165, 1.54) is 0 Å². The van der Waals surface area contributed by atoms with Gasteiger partial charge in [-0.2, -0.15) is 5.10 Å². The Balaban J connectivity index is 2.32. The second kappa shape index (κ2) is 6.03. The standard InChI is InChI=1S/C15H18ClIN2O/c1-4-12-14(16)13(19(3)18-12)9-15(2,20)10-5-7-11(17)8-6-10/h5-8,20H,4,9H2,1-3H3. The van der Waals surface area contributed by atoms with Gasteiger partial charge in [0, 0.05) is 17.0 Å². The highest BCUT2D eigenvalue weighted by atomic mass is 127. The maximum absolute atomic E-state index is 10.8. The predicted octanol–water partition coefficient (Wildman–Crippen LogP) is 3.69. The van der Waals surface area contributed by atoms with Crippen molar-refractivity contribution in [3.8, 4) is 0 Å². The molecule has 0 amide bonds. The molecule has 0 spiro atoms. The van der Waals surface area contributed by atoms with Crippen molar-refractivity contribution in [1.29, 1.82) is 0 Å². The third kappa shape index (κ3) is 3.18. The summed E-state index contributed by atoms with van der Waals surface area (Å²) in [6, 6.07) is 7.89. The molecule has 0 radical (unpaired) electrons. The van der Waals surface area contributed by atoms with Crippen LogP contribution in [0.15, 0.2) is 24.3 Å². The average Bonchev–Trinajstić information content (AvgIpc) is 2.66. The van der Waals surface area contributed by atoms with Gasteiger partial charge >= 0.3 is 0 Å². The average molecular weight is 405 g/mol. The molecule has 1 unspecified atom stereocenters. The molecule has 1 aromatic carbocycles. The van der Waals surface area contributed by atoms with Crippen molar-refractivity contribution >= 4 is 34.2 Å². The van der Waals surface area contributed by atoms with E-state index in [0.29, 0.717) is 11.4 Å². The van der Waals surface area contributed by atoms with Crippen molar-refractivity contribution in [2.75, 3.05) is 0 Å². The van der Waals surface area contributed by atoms with E-state index in [2.05, 4.69) is 27.7 Å². The number of halogens is 2. The fourth-order valence-corrected chi connectivity index (χ4v) is 2.97. The van der Waals surface area contributed by atoms with Crippen LogP contribution < -0.4 is 0 Å². The third-order valence-electron chi connectivity index (χ3n) is 3.48. The summed E-state index contributed by atoms with van der Waals surface area (Å²) in [6.07, 6.45) is 1.23. The zero-order chi connectivity index (χ0) is 14.9. The Morgan fingerprint density at radius 3 is 2.45 bits per heavy atom. The van der Waals surface area contributed by atoms with Crippen molar-refractivity contribution in [3.63, 3.8) is 0 Å².